The SMILES string of the molecule is Cc1ccc(C)c(CC(=O)Nc2ccccc2C(=O)N2CCCCCC2)c1. The van der Waals surface area contributed by atoms with Crippen molar-refractivity contribution in [1.82, 2.24) is 4.90 Å². The highest BCUT2D eigenvalue weighted by atomic mass is 16.2. The Morgan fingerprint density at radius 2 is 1.67 bits per heavy atom. The summed E-state index contributed by atoms with van der Waals surface area (Å²) in [5.41, 5.74) is 4.43. The molecule has 4 nitrogen and oxygen atoms in total. The molecule has 1 fully saturated rings. The van der Waals surface area contributed by atoms with Crippen molar-refractivity contribution in [3.05, 3.63) is 64.7 Å². The number of rotatable bonds is 4. The Labute approximate surface area is 161 Å². The fraction of sp³-hybridized carbons (Fsp3) is 0.391. The molecule has 2 aromatic carbocycles. The Morgan fingerprint density at radius 3 is 2.41 bits per heavy atom. The molecule has 0 saturated carbocycles. The van der Waals surface area contributed by atoms with Gasteiger partial charge in [-0.05, 0) is 49.9 Å². The number of aryl methyl sites for hydroxylation is 2. The monoisotopic (exact) mass is 364 g/mol. The van der Waals surface area contributed by atoms with Gasteiger partial charge in [-0.25, -0.2) is 0 Å². The molecule has 0 bridgehead atoms. The van der Waals surface area contributed by atoms with Crippen LogP contribution in [0.2, 0.25) is 0 Å². The van der Waals surface area contributed by atoms with Gasteiger partial charge in [0.25, 0.3) is 5.91 Å². The number of para-hydroxylation sites is 1. The zero-order chi connectivity index (χ0) is 19.2. The molecule has 2 aromatic rings. The van der Waals surface area contributed by atoms with Gasteiger partial charge in [0.1, 0.15) is 0 Å². The van der Waals surface area contributed by atoms with Crippen molar-refractivity contribution >= 4 is 17.5 Å². The maximum Gasteiger partial charge on any atom is 0.255 e. The molecule has 0 spiro atoms. The maximum absolute atomic E-state index is 13.0. The lowest BCUT2D eigenvalue weighted by molar-refractivity contribution is -0.115. The second-order valence-electron chi connectivity index (χ2n) is 7.41. The molecule has 0 aromatic heterocycles. The number of carbonyl (C=O) groups is 2. The summed E-state index contributed by atoms with van der Waals surface area (Å²) in [6.45, 7) is 5.63. The van der Waals surface area contributed by atoms with E-state index >= 15 is 0 Å². The average molecular weight is 364 g/mol. The molecule has 142 valence electrons. The van der Waals surface area contributed by atoms with E-state index in [0.29, 0.717) is 17.7 Å². The number of hydrogen-bond donors (Lipinski definition) is 1. The topological polar surface area (TPSA) is 49.4 Å². The van der Waals surface area contributed by atoms with Crippen LogP contribution >= 0.6 is 0 Å². The Morgan fingerprint density at radius 1 is 0.963 bits per heavy atom. The number of nitrogens with zero attached hydrogens (tertiary/aromatic N) is 1. The standard InChI is InChI=1S/C23H28N2O2/c1-17-11-12-18(2)19(15-17)16-22(26)24-21-10-6-5-9-20(21)23(27)25-13-7-3-4-8-14-25/h5-6,9-12,15H,3-4,7-8,13-14,16H2,1-2H3,(H,24,26). The number of amides is 2. The fourth-order valence-corrected chi connectivity index (χ4v) is 3.58. The van der Waals surface area contributed by atoms with E-state index in [-0.39, 0.29) is 11.8 Å². The van der Waals surface area contributed by atoms with Crippen LogP contribution in [0.1, 0.15) is 52.7 Å². The Bertz CT molecular complexity index is 821. The minimum absolute atomic E-state index is 0.0135. The van der Waals surface area contributed by atoms with E-state index in [1.807, 2.05) is 55.1 Å². The van der Waals surface area contributed by atoms with Gasteiger partial charge >= 0.3 is 0 Å². The van der Waals surface area contributed by atoms with Gasteiger partial charge in [-0.15, -0.1) is 0 Å². The Balaban J connectivity index is 1.74. The average Bonchev–Trinajstić information content (AvgIpc) is 2.94. The van der Waals surface area contributed by atoms with Crippen molar-refractivity contribution in [2.45, 2.75) is 46.0 Å². The number of benzene rings is 2. The van der Waals surface area contributed by atoms with E-state index in [0.717, 1.165) is 42.6 Å². The summed E-state index contributed by atoms with van der Waals surface area (Å²) in [5.74, 6) is -0.0839. The molecule has 0 atom stereocenters. The largest absolute Gasteiger partial charge is 0.339 e. The Kier molecular flexibility index (Phi) is 6.28. The van der Waals surface area contributed by atoms with Crippen LogP contribution in [0.25, 0.3) is 0 Å². The van der Waals surface area contributed by atoms with E-state index in [1.165, 1.54) is 12.8 Å². The zero-order valence-corrected chi connectivity index (χ0v) is 16.3. The van der Waals surface area contributed by atoms with Gasteiger partial charge in [0.05, 0.1) is 17.7 Å². The van der Waals surface area contributed by atoms with E-state index in [4.69, 9.17) is 0 Å². The van der Waals surface area contributed by atoms with Gasteiger partial charge in [-0.1, -0.05) is 48.7 Å². The lowest BCUT2D eigenvalue weighted by Gasteiger charge is -2.22. The summed E-state index contributed by atoms with van der Waals surface area (Å²) in [7, 11) is 0. The first-order valence-corrected chi connectivity index (χ1v) is 9.79. The van der Waals surface area contributed by atoms with Crippen molar-refractivity contribution in [3.63, 3.8) is 0 Å². The molecular formula is C23H28N2O2. The lowest BCUT2D eigenvalue weighted by Crippen LogP contribution is -2.32. The van der Waals surface area contributed by atoms with Crippen LogP contribution in [-0.2, 0) is 11.2 Å². The van der Waals surface area contributed by atoms with E-state index in [2.05, 4.69) is 5.32 Å². The fourth-order valence-electron chi connectivity index (χ4n) is 3.58. The molecule has 1 aliphatic heterocycles. The first-order chi connectivity index (χ1) is 13.0. The van der Waals surface area contributed by atoms with Gasteiger partial charge in [-0.2, -0.15) is 0 Å². The van der Waals surface area contributed by atoms with Crippen LogP contribution in [0.5, 0.6) is 0 Å². The highest BCUT2D eigenvalue weighted by Crippen LogP contribution is 2.21. The van der Waals surface area contributed by atoms with Crippen LogP contribution in [0.15, 0.2) is 42.5 Å². The molecule has 0 aliphatic carbocycles. The molecular weight excluding hydrogens is 336 g/mol. The molecule has 1 saturated heterocycles. The van der Waals surface area contributed by atoms with Crippen LogP contribution < -0.4 is 5.32 Å². The van der Waals surface area contributed by atoms with Gasteiger partial charge < -0.3 is 10.2 Å². The third-order valence-electron chi connectivity index (χ3n) is 5.18. The summed E-state index contributed by atoms with van der Waals surface area (Å²) in [6.07, 6.45) is 4.76. The van der Waals surface area contributed by atoms with Gasteiger partial charge in [0.15, 0.2) is 0 Å². The number of carbonyl (C=O) groups excluding carboxylic acids is 2. The molecule has 1 heterocycles. The van der Waals surface area contributed by atoms with Crippen molar-refractivity contribution in [1.29, 1.82) is 0 Å². The van der Waals surface area contributed by atoms with E-state index < -0.39 is 0 Å². The normalized spacial score (nSPS) is 14.5. The molecule has 27 heavy (non-hydrogen) atoms. The predicted octanol–water partition coefficient (Wildman–Crippen LogP) is 4.50. The first-order valence-electron chi connectivity index (χ1n) is 9.79. The van der Waals surface area contributed by atoms with Crippen LogP contribution in [0, 0.1) is 13.8 Å². The summed E-state index contributed by atoms with van der Waals surface area (Å²) in [6, 6.07) is 13.5. The minimum atomic E-state index is -0.0974. The Hall–Kier alpha value is -2.62. The van der Waals surface area contributed by atoms with Crippen LogP contribution in [0.3, 0.4) is 0 Å². The highest BCUT2D eigenvalue weighted by molar-refractivity contribution is 6.04. The zero-order valence-electron chi connectivity index (χ0n) is 16.3. The number of likely N-dealkylation sites (tertiary alicyclic amines) is 1. The van der Waals surface area contributed by atoms with Gasteiger partial charge in [0.2, 0.25) is 5.91 Å². The van der Waals surface area contributed by atoms with Crippen molar-refractivity contribution in [2.75, 3.05) is 18.4 Å². The summed E-state index contributed by atoms with van der Waals surface area (Å²) < 4.78 is 0. The molecule has 4 heteroatoms. The third-order valence-corrected chi connectivity index (χ3v) is 5.18. The summed E-state index contributed by atoms with van der Waals surface area (Å²) >= 11 is 0. The second kappa shape index (κ2) is 8.85. The molecule has 0 unspecified atom stereocenters. The number of anilines is 1. The predicted molar refractivity (Wildman–Crippen MR) is 109 cm³/mol. The smallest absolute Gasteiger partial charge is 0.255 e. The highest BCUT2D eigenvalue weighted by Gasteiger charge is 2.20. The van der Waals surface area contributed by atoms with Crippen LogP contribution in [-0.4, -0.2) is 29.8 Å². The minimum Gasteiger partial charge on any atom is -0.339 e. The first kappa shape index (κ1) is 19.2. The summed E-state index contributed by atoms with van der Waals surface area (Å²) in [4.78, 5) is 27.5. The number of nitrogens with one attached hydrogen (secondary N) is 1. The molecule has 1 aliphatic rings. The molecule has 0 radical (unpaired) electrons. The van der Waals surface area contributed by atoms with Crippen molar-refractivity contribution in [3.8, 4) is 0 Å². The molecule has 3 rings (SSSR count). The lowest BCUT2D eigenvalue weighted by atomic mass is 10.0. The maximum atomic E-state index is 13.0. The van der Waals surface area contributed by atoms with E-state index in [1.54, 1.807) is 6.07 Å². The van der Waals surface area contributed by atoms with Gasteiger partial charge in [-0.3, -0.25) is 9.59 Å². The van der Waals surface area contributed by atoms with Crippen molar-refractivity contribution < 1.29 is 9.59 Å². The quantitative estimate of drug-likeness (QED) is 0.868. The van der Waals surface area contributed by atoms with Crippen LogP contribution in [0.4, 0.5) is 5.69 Å². The van der Waals surface area contributed by atoms with Crippen molar-refractivity contribution in [2.24, 2.45) is 0 Å². The third kappa shape index (κ3) is 4.97. The second-order valence-corrected chi connectivity index (χ2v) is 7.41. The van der Waals surface area contributed by atoms with E-state index in [9.17, 15) is 9.59 Å². The summed E-state index contributed by atoms with van der Waals surface area (Å²) in [5, 5.41) is 2.95. The molecule has 1 N–H and O–H groups in total. The molecule has 2 amide bonds. The number of hydrogen-bond acceptors (Lipinski definition) is 2. The van der Waals surface area contributed by atoms with Gasteiger partial charge in [0, 0.05) is 13.1 Å².